The van der Waals surface area contributed by atoms with Gasteiger partial charge in [0.2, 0.25) is 5.91 Å². The van der Waals surface area contributed by atoms with Crippen LogP contribution in [0.2, 0.25) is 5.02 Å². The lowest BCUT2D eigenvalue weighted by Crippen LogP contribution is -2.46. The SMILES string of the molecule is C#C[C@@H]1CCC(=O)N2c3cc(Cl)ccc3C[C@H]12. The van der Waals surface area contributed by atoms with E-state index in [0.717, 1.165) is 18.5 Å². The maximum absolute atomic E-state index is 12.0. The van der Waals surface area contributed by atoms with Crippen LogP contribution in [0.5, 0.6) is 0 Å². The van der Waals surface area contributed by atoms with Gasteiger partial charge in [0.25, 0.3) is 0 Å². The molecule has 0 aromatic heterocycles. The van der Waals surface area contributed by atoms with E-state index in [4.69, 9.17) is 18.0 Å². The number of anilines is 1. The van der Waals surface area contributed by atoms with Crippen LogP contribution in [0.1, 0.15) is 18.4 Å². The summed E-state index contributed by atoms with van der Waals surface area (Å²) >= 11 is 5.99. The van der Waals surface area contributed by atoms with Crippen molar-refractivity contribution in [3.8, 4) is 12.3 Å². The Bertz CT molecular complexity index is 532. The minimum Gasteiger partial charge on any atom is -0.307 e. The second-order valence-electron chi connectivity index (χ2n) is 4.62. The molecule has 1 aromatic rings. The third-order valence-corrected chi connectivity index (χ3v) is 3.92. The molecule has 1 saturated heterocycles. The van der Waals surface area contributed by atoms with Crippen LogP contribution in [0.3, 0.4) is 0 Å². The third kappa shape index (κ3) is 1.54. The second-order valence-corrected chi connectivity index (χ2v) is 5.06. The summed E-state index contributed by atoms with van der Waals surface area (Å²) < 4.78 is 0. The zero-order chi connectivity index (χ0) is 12.0. The molecule has 1 aromatic carbocycles. The molecule has 0 spiro atoms. The van der Waals surface area contributed by atoms with Crippen molar-refractivity contribution in [2.24, 2.45) is 5.92 Å². The van der Waals surface area contributed by atoms with Gasteiger partial charge in [-0.3, -0.25) is 4.79 Å². The van der Waals surface area contributed by atoms with E-state index in [2.05, 4.69) is 5.92 Å². The number of amides is 1. The lowest BCUT2D eigenvalue weighted by Gasteiger charge is -2.34. The number of rotatable bonds is 0. The van der Waals surface area contributed by atoms with Crippen molar-refractivity contribution < 1.29 is 4.79 Å². The molecule has 17 heavy (non-hydrogen) atoms. The van der Waals surface area contributed by atoms with Crippen molar-refractivity contribution in [3.05, 3.63) is 28.8 Å². The molecule has 2 aliphatic heterocycles. The zero-order valence-corrected chi connectivity index (χ0v) is 10.1. The van der Waals surface area contributed by atoms with Gasteiger partial charge in [0.15, 0.2) is 0 Å². The topological polar surface area (TPSA) is 20.3 Å². The maximum Gasteiger partial charge on any atom is 0.227 e. The molecule has 0 N–H and O–H groups in total. The van der Waals surface area contributed by atoms with E-state index < -0.39 is 0 Å². The summed E-state index contributed by atoms with van der Waals surface area (Å²) in [7, 11) is 0. The normalized spacial score (nSPS) is 26.4. The smallest absolute Gasteiger partial charge is 0.227 e. The Balaban J connectivity index is 2.07. The first-order chi connectivity index (χ1) is 8.20. The lowest BCUT2D eigenvalue weighted by molar-refractivity contribution is -0.120. The summed E-state index contributed by atoms with van der Waals surface area (Å²) in [6.45, 7) is 0. The lowest BCUT2D eigenvalue weighted by atomic mass is 9.89. The summed E-state index contributed by atoms with van der Waals surface area (Å²) in [5.74, 6) is 3.15. The number of halogens is 1. The van der Waals surface area contributed by atoms with E-state index >= 15 is 0 Å². The highest BCUT2D eigenvalue weighted by molar-refractivity contribution is 6.31. The molecule has 0 bridgehead atoms. The number of carbonyl (C=O) groups excluding carboxylic acids is 1. The van der Waals surface area contributed by atoms with Crippen molar-refractivity contribution >= 4 is 23.2 Å². The monoisotopic (exact) mass is 245 g/mol. The largest absolute Gasteiger partial charge is 0.307 e. The molecule has 3 heteroatoms. The van der Waals surface area contributed by atoms with E-state index in [1.165, 1.54) is 5.56 Å². The minimum absolute atomic E-state index is 0.134. The van der Waals surface area contributed by atoms with Gasteiger partial charge in [0.1, 0.15) is 0 Å². The Hall–Kier alpha value is -1.46. The van der Waals surface area contributed by atoms with Crippen LogP contribution in [0, 0.1) is 18.3 Å². The molecule has 0 aliphatic carbocycles. The van der Waals surface area contributed by atoms with Gasteiger partial charge in [0, 0.05) is 23.0 Å². The summed E-state index contributed by atoms with van der Waals surface area (Å²) in [5, 5.41) is 0.667. The summed E-state index contributed by atoms with van der Waals surface area (Å²) in [6.07, 6.45) is 7.75. The molecule has 2 nitrogen and oxygen atoms in total. The maximum atomic E-state index is 12.0. The van der Waals surface area contributed by atoms with Crippen LogP contribution < -0.4 is 4.90 Å². The van der Waals surface area contributed by atoms with Crippen LogP contribution in [0.15, 0.2) is 18.2 Å². The number of benzene rings is 1. The molecular weight excluding hydrogens is 234 g/mol. The van der Waals surface area contributed by atoms with Crippen molar-refractivity contribution in [1.82, 2.24) is 0 Å². The molecule has 2 heterocycles. The van der Waals surface area contributed by atoms with E-state index in [9.17, 15) is 4.79 Å². The molecule has 2 atom stereocenters. The van der Waals surface area contributed by atoms with Crippen LogP contribution in [0.4, 0.5) is 5.69 Å². The summed E-state index contributed by atoms with van der Waals surface area (Å²) in [6, 6.07) is 5.87. The van der Waals surface area contributed by atoms with Crippen molar-refractivity contribution in [2.45, 2.75) is 25.3 Å². The Morgan fingerprint density at radius 2 is 2.29 bits per heavy atom. The average Bonchev–Trinajstić information content (AvgIpc) is 2.69. The van der Waals surface area contributed by atoms with Gasteiger partial charge in [-0.2, -0.15) is 0 Å². The van der Waals surface area contributed by atoms with E-state index in [1.807, 2.05) is 23.1 Å². The average molecular weight is 246 g/mol. The number of carbonyl (C=O) groups is 1. The van der Waals surface area contributed by atoms with Crippen LogP contribution in [-0.4, -0.2) is 11.9 Å². The van der Waals surface area contributed by atoms with E-state index in [1.54, 1.807) is 0 Å². The number of hydrogen-bond acceptors (Lipinski definition) is 1. The van der Waals surface area contributed by atoms with Crippen LogP contribution in [0.25, 0.3) is 0 Å². The molecule has 2 aliphatic rings. The summed E-state index contributed by atoms with van der Waals surface area (Å²) in [4.78, 5) is 13.9. The highest BCUT2D eigenvalue weighted by atomic mass is 35.5. The number of piperidine rings is 1. The number of fused-ring (bicyclic) bond motifs is 3. The molecule has 3 rings (SSSR count). The Labute approximate surface area is 106 Å². The number of hydrogen-bond donors (Lipinski definition) is 0. The van der Waals surface area contributed by atoms with Gasteiger partial charge >= 0.3 is 0 Å². The van der Waals surface area contributed by atoms with Crippen molar-refractivity contribution in [3.63, 3.8) is 0 Å². The van der Waals surface area contributed by atoms with Gasteiger partial charge in [-0.15, -0.1) is 12.3 Å². The zero-order valence-electron chi connectivity index (χ0n) is 9.32. The molecular formula is C14H12ClNO. The van der Waals surface area contributed by atoms with Gasteiger partial charge in [-0.05, 0) is 30.5 Å². The Morgan fingerprint density at radius 3 is 3.06 bits per heavy atom. The molecule has 1 amide bonds. The highest BCUT2D eigenvalue weighted by Crippen LogP contribution is 2.40. The molecule has 86 valence electrons. The minimum atomic E-state index is 0.134. The van der Waals surface area contributed by atoms with E-state index in [-0.39, 0.29) is 17.9 Å². The number of nitrogens with zero attached hydrogens (tertiary/aromatic N) is 1. The first-order valence-corrected chi connectivity index (χ1v) is 6.15. The fourth-order valence-corrected chi connectivity index (χ4v) is 3.02. The van der Waals surface area contributed by atoms with Crippen molar-refractivity contribution in [1.29, 1.82) is 0 Å². The first kappa shape index (κ1) is 10.7. The predicted octanol–water partition coefficient (Wildman–Crippen LogP) is 2.64. The first-order valence-electron chi connectivity index (χ1n) is 5.77. The van der Waals surface area contributed by atoms with E-state index in [0.29, 0.717) is 11.4 Å². The third-order valence-electron chi connectivity index (χ3n) is 3.68. The van der Waals surface area contributed by atoms with Crippen LogP contribution in [-0.2, 0) is 11.2 Å². The van der Waals surface area contributed by atoms with Crippen LogP contribution >= 0.6 is 11.6 Å². The quantitative estimate of drug-likeness (QED) is 0.644. The molecule has 1 fully saturated rings. The fraction of sp³-hybridized carbons (Fsp3) is 0.357. The molecule has 0 radical (unpaired) electrons. The standard InChI is InChI=1S/C14H12ClNO/c1-2-9-4-6-14(17)16-12(9)7-10-3-5-11(15)8-13(10)16/h1,3,5,8-9,12H,4,6-7H2/t9-,12-/m1/s1. The highest BCUT2D eigenvalue weighted by Gasteiger charge is 2.41. The Kier molecular flexibility index (Phi) is 2.38. The van der Waals surface area contributed by atoms with Crippen molar-refractivity contribution in [2.75, 3.05) is 4.90 Å². The molecule has 0 unspecified atom stereocenters. The van der Waals surface area contributed by atoms with Gasteiger partial charge < -0.3 is 4.90 Å². The van der Waals surface area contributed by atoms with Gasteiger partial charge in [-0.25, -0.2) is 0 Å². The molecule has 0 saturated carbocycles. The summed E-state index contributed by atoms with van der Waals surface area (Å²) in [5.41, 5.74) is 2.13. The fourth-order valence-electron chi connectivity index (χ4n) is 2.86. The predicted molar refractivity (Wildman–Crippen MR) is 68.0 cm³/mol. The number of terminal acetylenes is 1. The Morgan fingerprint density at radius 1 is 1.47 bits per heavy atom. The van der Waals surface area contributed by atoms with Gasteiger partial charge in [0.05, 0.1) is 6.04 Å². The second kappa shape index (κ2) is 3.78. The van der Waals surface area contributed by atoms with Gasteiger partial charge in [-0.1, -0.05) is 17.7 Å².